The third kappa shape index (κ3) is 2.18. The Hall–Kier alpha value is -1.66. The summed E-state index contributed by atoms with van der Waals surface area (Å²) in [4.78, 5) is 0. The zero-order valence-electron chi connectivity index (χ0n) is 7.57. The molecule has 14 heavy (non-hydrogen) atoms. The zero-order chi connectivity index (χ0) is 10.6. The van der Waals surface area contributed by atoms with E-state index in [1.165, 1.54) is 18.2 Å². The lowest BCUT2D eigenvalue weighted by Gasteiger charge is -2.08. The lowest BCUT2D eigenvalue weighted by molar-refractivity contribution is 0.181. The van der Waals surface area contributed by atoms with Gasteiger partial charge in [0.25, 0.3) is 0 Å². The van der Waals surface area contributed by atoms with E-state index in [1.54, 1.807) is 12.1 Å². The second kappa shape index (κ2) is 4.54. The number of nitriles is 1. The van der Waals surface area contributed by atoms with Crippen molar-refractivity contribution in [2.24, 2.45) is 0 Å². The highest BCUT2D eigenvalue weighted by Gasteiger charge is 2.08. The summed E-state index contributed by atoms with van der Waals surface area (Å²) in [7, 11) is 0. The molecule has 0 radical (unpaired) electrons. The average molecular weight is 191 g/mol. The van der Waals surface area contributed by atoms with E-state index in [0.717, 1.165) is 0 Å². The maximum atomic E-state index is 13.1. The molecule has 1 aromatic rings. The molecule has 0 saturated carbocycles. The van der Waals surface area contributed by atoms with Crippen LogP contribution in [0.4, 0.5) is 4.39 Å². The van der Waals surface area contributed by atoms with E-state index in [-0.39, 0.29) is 5.56 Å². The highest BCUT2D eigenvalue weighted by atomic mass is 19.1. The van der Waals surface area contributed by atoms with Gasteiger partial charge >= 0.3 is 0 Å². The van der Waals surface area contributed by atoms with Gasteiger partial charge in [0.15, 0.2) is 0 Å². The fourth-order valence-electron chi connectivity index (χ4n) is 1.12. The maximum absolute atomic E-state index is 13.1. The smallest absolute Gasteiger partial charge is 0.141 e. The van der Waals surface area contributed by atoms with E-state index in [9.17, 15) is 9.50 Å². The molecule has 1 N–H and O–H groups in total. The van der Waals surface area contributed by atoms with Crippen LogP contribution in [-0.4, -0.2) is 5.11 Å². The first-order chi connectivity index (χ1) is 6.69. The Morgan fingerprint density at radius 2 is 2.36 bits per heavy atom. The molecule has 0 aromatic heterocycles. The summed E-state index contributed by atoms with van der Waals surface area (Å²) >= 11 is 0. The van der Waals surface area contributed by atoms with Gasteiger partial charge in [0.2, 0.25) is 0 Å². The van der Waals surface area contributed by atoms with Gasteiger partial charge in [-0.15, -0.1) is 6.58 Å². The summed E-state index contributed by atoms with van der Waals surface area (Å²) in [5.74, 6) is -0.604. The maximum Gasteiger partial charge on any atom is 0.141 e. The molecule has 0 spiro atoms. The number of hydrogen-bond donors (Lipinski definition) is 1. The molecule has 0 aliphatic heterocycles. The molecule has 0 heterocycles. The normalized spacial score (nSPS) is 11.8. The van der Waals surface area contributed by atoms with Crippen molar-refractivity contribution in [2.75, 3.05) is 0 Å². The van der Waals surface area contributed by atoms with Crippen LogP contribution in [0.25, 0.3) is 0 Å². The van der Waals surface area contributed by atoms with Crippen LogP contribution in [-0.2, 0) is 0 Å². The van der Waals surface area contributed by atoms with Crippen LogP contribution < -0.4 is 0 Å². The number of rotatable bonds is 3. The molecule has 1 aromatic carbocycles. The summed E-state index contributed by atoms with van der Waals surface area (Å²) in [5, 5.41) is 18.0. The van der Waals surface area contributed by atoms with Crippen molar-refractivity contribution in [1.82, 2.24) is 0 Å². The molecule has 0 unspecified atom stereocenters. The van der Waals surface area contributed by atoms with E-state index in [0.29, 0.717) is 12.0 Å². The van der Waals surface area contributed by atoms with Gasteiger partial charge in [0.05, 0.1) is 11.7 Å². The van der Waals surface area contributed by atoms with Gasteiger partial charge in [0.1, 0.15) is 11.9 Å². The third-order valence-corrected chi connectivity index (χ3v) is 1.89. The molecule has 0 aliphatic carbocycles. The van der Waals surface area contributed by atoms with Crippen molar-refractivity contribution in [3.63, 3.8) is 0 Å². The van der Waals surface area contributed by atoms with E-state index < -0.39 is 11.9 Å². The van der Waals surface area contributed by atoms with Gasteiger partial charge in [0, 0.05) is 0 Å². The second-order valence-electron chi connectivity index (χ2n) is 2.89. The molecular weight excluding hydrogens is 181 g/mol. The van der Waals surface area contributed by atoms with E-state index in [1.807, 2.05) is 0 Å². The van der Waals surface area contributed by atoms with Gasteiger partial charge in [-0.2, -0.15) is 5.26 Å². The minimum absolute atomic E-state index is 0.0143. The van der Waals surface area contributed by atoms with Crippen molar-refractivity contribution in [3.05, 3.63) is 47.8 Å². The van der Waals surface area contributed by atoms with Gasteiger partial charge in [-0.3, -0.25) is 0 Å². The lowest BCUT2D eigenvalue weighted by Crippen LogP contribution is -1.97. The van der Waals surface area contributed by atoms with Crippen LogP contribution in [0.2, 0.25) is 0 Å². The van der Waals surface area contributed by atoms with Gasteiger partial charge in [-0.25, -0.2) is 4.39 Å². The van der Waals surface area contributed by atoms with E-state index >= 15 is 0 Å². The molecule has 1 rings (SSSR count). The number of halogens is 1. The summed E-state index contributed by atoms with van der Waals surface area (Å²) in [5.41, 5.74) is 0.445. The van der Waals surface area contributed by atoms with Crippen LogP contribution in [0.1, 0.15) is 23.7 Å². The Bertz CT molecular complexity index is 381. The molecule has 2 nitrogen and oxygen atoms in total. The quantitative estimate of drug-likeness (QED) is 0.745. The van der Waals surface area contributed by atoms with E-state index in [2.05, 4.69) is 6.58 Å². The lowest BCUT2D eigenvalue weighted by atomic mass is 10.0. The van der Waals surface area contributed by atoms with Gasteiger partial charge in [-0.1, -0.05) is 12.1 Å². The molecule has 1 atom stereocenters. The van der Waals surface area contributed by atoms with Gasteiger partial charge < -0.3 is 5.11 Å². The summed E-state index contributed by atoms with van der Waals surface area (Å²) in [6.45, 7) is 3.48. The summed E-state index contributed by atoms with van der Waals surface area (Å²) < 4.78 is 13.1. The standard InChI is InChI=1S/C11H10FNO/c1-2-3-11(14)8-4-5-9(7-13)10(12)6-8/h2,4-6,11,14H,1,3H2/t11-/m1/s1. The molecule has 0 bridgehead atoms. The first-order valence-electron chi connectivity index (χ1n) is 4.17. The van der Waals surface area contributed by atoms with Gasteiger partial charge in [-0.05, 0) is 24.1 Å². The number of aliphatic hydroxyl groups excluding tert-OH is 1. The Kier molecular flexibility index (Phi) is 3.38. The first kappa shape index (κ1) is 10.4. The highest BCUT2D eigenvalue weighted by molar-refractivity contribution is 5.34. The minimum atomic E-state index is -0.755. The number of benzene rings is 1. The molecule has 0 amide bonds. The zero-order valence-corrected chi connectivity index (χ0v) is 7.57. The molecule has 0 saturated heterocycles. The van der Waals surface area contributed by atoms with E-state index in [4.69, 9.17) is 5.26 Å². The number of aliphatic hydroxyl groups is 1. The van der Waals surface area contributed by atoms with Crippen LogP contribution in [0.5, 0.6) is 0 Å². The van der Waals surface area contributed by atoms with Crippen LogP contribution in [0, 0.1) is 17.1 Å². The molecule has 3 heteroatoms. The van der Waals surface area contributed by atoms with Crippen molar-refractivity contribution in [2.45, 2.75) is 12.5 Å². The highest BCUT2D eigenvalue weighted by Crippen LogP contribution is 2.19. The second-order valence-corrected chi connectivity index (χ2v) is 2.89. The fourth-order valence-corrected chi connectivity index (χ4v) is 1.12. The molecule has 72 valence electrons. The molecular formula is C11H10FNO. The molecule has 0 aliphatic rings. The Morgan fingerprint density at radius 3 is 2.86 bits per heavy atom. The average Bonchev–Trinajstić information content (AvgIpc) is 2.18. The Labute approximate surface area is 81.9 Å². The molecule has 0 fully saturated rings. The predicted octanol–water partition coefficient (Wildman–Crippen LogP) is 2.31. The fraction of sp³-hybridized carbons (Fsp3) is 0.182. The predicted molar refractivity (Wildman–Crippen MR) is 50.9 cm³/mol. The minimum Gasteiger partial charge on any atom is -0.388 e. The number of nitrogens with zero attached hydrogens (tertiary/aromatic N) is 1. The van der Waals surface area contributed by atoms with Crippen LogP contribution >= 0.6 is 0 Å². The SMILES string of the molecule is C=CC[C@@H](O)c1ccc(C#N)c(F)c1. The largest absolute Gasteiger partial charge is 0.388 e. The first-order valence-corrected chi connectivity index (χ1v) is 4.17. The van der Waals surface area contributed by atoms with Crippen molar-refractivity contribution >= 4 is 0 Å². The Balaban J connectivity index is 2.97. The van der Waals surface area contributed by atoms with Crippen molar-refractivity contribution in [1.29, 1.82) is 5.26 Å². The topological polar surface area (TPSA) is 44.0 Å². The third-order valence-electron chi connectivity index (χ3n) is 1.89. The van der Waals surface area contributed by atoms with Crippen molar-refractivity contribution < 1.29 is 9.50 Å². The summed E-state index contributed by atoms with van der Waals surface area (Å²) in [6.07, 6.45) is 1.17. The monoisotopic (exact) mass is 191 g/mol. The number of hydrogen-bond acceptors (Lipinski definition) is 2. The van der Waals surface area contributed by atoms with Crippen LogP contribution in [0.15, 0.2) is 30.9 Å². The van der Waals surface area contributed by atoms with Crippen molar-refractivity contribution in [3.8, 4) is 6.07 Å². The summed E-state index contributed by atoms with van der Waals surface area (Å²) in [6, 6.07) is 5.79. The Morgan fingerprint density at radius 1 is 1.64 bits per heavy atom. The van der Waals surface area contributed by atoms with Crippen LogP contribution in [0.3, 0.4) is 0 Å².